The van der Waals surface area contributed by atoms with E-state index in [9.17, 15) is 9.59 Å². The van der Waals surface area contributed by atoms with E-state index in [0.717, 1.165) is 16.9 Å². The number of rotatable bonds is 6. The first-order valence-corrected chi connectivity index (χ1v) is 9.12. The molecule has 2 aromatic rings. The smallest absolute Gasteiger partial charge is 0.339 e. The lowest BCUT2D eigenvalue weighted by Gasteiger charge is -2.16. The summed E-state index contributed by atoms with van der Waals surface area (Å²) in [4.78, 5) is 24.6. The van der Waals surface area contributed by atoms with Crippen molar-refractivity contribution in [1.82, 2.24) is 0 Å². The minimum atomic E-state index is -0.493. The maximum atomic E-state index is 12.8. The Balaban J connectivity index is 2.28. The Bertz CT molecular complexity index is 862. The van der Waals surface area contributed by atoms with Gasteiger partial charge in [-0.15, -0.1) is 0 Å². The van der Waals surface area contributed by atoms with Gasteiger partial charge in [-0.25, -0.2) is 4.79 Å². The average molecular weight is 390 g/mol. The minimum Gasteiger partial charge on any atom is -0.496 e. The molecule has 2 aromatic carbocycles. The van der Waals surface area contributed by atoms with Gasteiger partial charge in [-0.05, 0) is 61.2 Å². The summed E-state index contributed by atoms with van der Waals surface area (Å²) in [6, 6.07) is 8.41. The van der Waals surface area contributed by atoms with Gasteiger partial charge in [0.05, 0.1) is 24.3 Å². The molecule has 0 aliphatic rings. The van der Waals surface area contributed by atoms with Crippen LogP contribution in [0, 0.1) is 6.92 Å². The molecule has 0 aromatic heterocycles. The number of hydrogen-bond acceptors (Lipinski definition) is 4. The molecule has 27 heavy (non-hydrogen) atoms. The fourth-order valence-electron chi connectivity index (χ4n) is 2.74. The summed E-state index contributed by atoms with van der Waals surface area (Å²) >= 11 is 6.16. The van der Waals surface area contributed by atoms with E-state index in [2.05, 4.69) is 5.32 Å². The van der Waals surface area contributed by atoms with Crippen LogP contribution >= 0.6 is 11.6 Å². The molecule has 1 N–H and O–H groups in total. The highest BCUT2D eigenvalue weighted by atomic mass is 35.5. The predicted molar refractivity (Wildman–Crippen MR) is 107 cm³/mol. The summed E-state index contributed by atoms with van der Waals surface area (Å²) in [7, 11) is 1.62. The zero-order chi connectivity index (χ0) is 20.1. The van der Waals surface area contributed by atoms with Crippen molar-refractivity contribution in [2.24, 2.45) is 0 Å². The van der Waals surface area contributed by atoms with Crippen molar-refractivity contribution in [2.75, 3.05) is 19.0 Å². The molecule has 0 heterocycles. The standard InChI is InChI=1S/C21H24ClNO4/c1-6-27-21(25)15-8-7-14(10-18(15)22)23-20(24)17-11-16(12(2)3)19(26-5)9-13(17)4/h7-12H,6H2,1-5H3,(H,23,24). The number of benzene rings is 2. The fourth-order valence-corrected chi connectivity index (χ4v) is 2.99. The number of aryl methyl sites for hydroxylation is 1. The molecule has 5 nitrogen and oxygen atoms in total. The third-order valence-electron chi connectivity index (χ3n) is 4.17. The molecule has 0 unspecified atom stereocenters. The fraction of sp³-hybridized carbons (Fsp3) is 0.333. The first-order chi connectivity index (χ1) is 12.8. The van der Waals surface area contributed by atoms with Crippen molar-refractivity contribution >= 4 is 29.2 Å². The molecule has 2 rings (SSSR count). The number of carbonyl (C=O) groups excluding carboxylic acids is 2. The Morgan fingerprint density at radius 2 is 1.85 bits per heavy atom. The van der Waals surface area contributed by atoms with Crippen LogP contribution in [0.5, 0.6) is 5.75 Å². The molecular weight excluding hydrogens is 366 g/mol. The monoisotopic (exact) mass is 389 g/mol. The van der Waals surface area contributed by atoms with Crippen LogP contribution in [0.2, 0.25) is 5.02 Å². The van der Waals surface area contributed by atoms with Gasteiger partial charge < -0.3 is 14.8 Å². The summed E-state index contributed by atoms with van der Waals surface area (Å²) in [6.45, 7) is 7.94. The van der Waals surface area contributed by atoms with E-state index in [1.54, 1.807) is 20.1 Å². The molecule has 0 radical (unpaired) electrons. The molecule has 0 aliphatic carbocycles. The maximum absolute atomic E-state index is 12.8. The quantitative estimate of drug-likeness (QED) is 0.689. The third kappa shape index (κ3) is 4.80. The van der Waals surface area contributed by atoms with E-state index in [1.165, 1.54) is 12.1 Å². The topological polar surface area (TPSA) is 64.6 Å². The van der Waals surface area contributed by atoms with Crippen LogP contribution in [0.1, 0.15) is 58.5 Å². The molecule has 144 valence electrons. The van der Waals surface area contributed by atoms with Gasteiger partial charge in [0.2, 0.25) is 0 Å². The highest BCUT2D eigenvalue weighted by molar-refractivity contribution is 6.34. The number of nitrogens with one attached hydrogen (secondary N) is 1. The average Bonchev–Trinajstić information content (AvgIpc) is 2.61. The lowest BCUT2D eigenvalue weighted by atomic mass is 9.96. The molecule has 0 bridgehead atoms. The van der Waals surface area contributed by atoms with Crippen molar-refractivity contribution in [3.63, 3.8) is 0 Å². The predicted octanol–water partition coefficient (Wildman–Crippen LogP) is 5.21. The van der Waals surface area contributed by atoms with E-state index in [4.69, 9.17) is 21.1 Å². The van der Waals surface area contributed by atoms with Crippen LogP contribution in [-0.2, 0) is 4.74 Å². The van der Waals surface area contributed by atoms with Crippen molar-refractivity contribution < 1.29 is 19.1 Å². The lowest BCUT2D eigenvalue weighted by molar-refractivity contribution is 0.0526. The van der Waals surface area contributed by atoms with E-state index >= 15 is 0 Å². The highest BCUT2D eigenvalue weighted by Gasteiger charge is 2.17. The Hall–Kier alpha value is -2.53. The highest BCUT2D eigenvalue weighted by Crippen LogP contribution is 2.30. The number of esters is 1. The van der Waals surface area contributed by atoms with Crippen LogP contribution in [0.3, 0.4) is 0 Å². The van der Waals surface area contributed by atoms with Crippen molar-refractivity contribution in [2.45, 2.75) is 33.6 Å². The summed E-state index contributed by atoms with van der Waals surface area (Å²) < 4.78 is 10.4. The van der Waals surface area contributed by atoms with Gasteiger partial charge in [0.25, 0.3) is 5.91 Å². The first-order valence-electron chi connectivity index (χ1n) is 8.75. The Morgan fingerprint density at radius 3 is 2.41 bits per heavy atom. The maximum Gasteiger partial charge on any atom is 0.339 e. The second-order valence-electron chi connectivity index (χ2n) is 6.43. The van der Waals surface area contributed by atoms with E-state index < -0.39 is 5.97 Å². The van der Waals surface area contributed by atoms with Crippen molar-refractivity contribution in [1.29, 1.82) is 0 Å². The number of amides is 1. The number of ether oxygens (including phenoxy) is 2. The molecular formula is C21H24ClNO4. The van der Waals surface area contributed by atoms with Crippen molar-refractivity contribution in [3.8, 4) is 5.75 Å². The molecule has 0 fully saturated rings. The largest absolute Gasteiger partial charge is 0.496 e. The van der Waals surface area contributed by atoms with Gasteiger partial charge in [0.15, 0.2) is 0 Å². The number of halogens is 1. The van der Waals surface area contributed by atoms with Gasteiger partial charge in [0.1, 0.15) is 5.75 Å². The third-order valence-corrected chi connectivity index (χ3v) is 4.48. The van der Waals surface area contributed by atoms with Crippen LogP contribution in [-0.4, -0.2) is 25.6 Å². The van der Waals surface area contributed by atoms with Crippen LogP contribution in [0.15, 0.2) is 30.3 Å². The molecule has 0 aliphatic heterocycles. The second kappa shape index (κ2) is 8.91. The number of hydrogen-bond donors (Lipinski definition) is 1. The van der Waals surface area contributed by atoms with E-state index in [1.807, 2.05) is 32.9 Å². The van der Waals surface area contributed by atoms with Crippen molar-refractivity contribution in [3.05, 3.63) is 57.6 Å². The zero-order valence-electron chi connectivity index (χ0n) is 16.2. The van der Waals surface area contributed by atoms with E-state index in [0.29, 0.717) is 11.3 Å². The molecule has 6 heteroatoms. The number of anilines is 1. The van der Waals surface area contributed by atoms with Crippen LogP contribution in [0.4, 0.5) is 5.69 Å². The van der Waals surface area contributed by atoms with Crippen LogP contribution < -0.4 is 10.1 Å². The van der Waals surface area contributed by atoms with Gasteiger partial charge in [-0.1, -0.05) is 25.4 Å². The van der Waals surface area contributed by atoms with Gasteiger partial charge in [-0.3, -0.25) is 4.79 Å². The normalized spacial score (nSPS) is 10.6. The van der Waals surface area contributed by atoms with Gasteiger partial charge in [0, 0.05) is 11.3 Å². The Labute approximate surface area is 164 Å². The van der Waals surface area contributed by atoms with Crippen LogP contribution in [0.25, 0.3) is 0 Å². The molecule has 0 saturated carbocycles. The van der Waals surface area contributed by atoms with Gasteiger partial charge in [-0.2, -0.15) is 0 Å². The SMILES string of the molecule is CCOC(=O)c1ccc(NC(=O)c2cc(C(C)C)c(OC)cc2C)cc1Cl. The zero-order valence-corrected chi connectivity index (χ0v) is 16.9. The molecule has 0 saturated heterocycles. The van der Waals surface area contributed by atoms with Gasteiger partial charge >= 0.3 is 5.97 Å². The molecule has 0 spiro atoms. The number of carbonyl (C=O) groups is 2. The van der Waals surface area contributed by atoms with E-state index in [-0.39, 0.29) is 29.0 Å². The molecule has 0 atom stereocenters. The Kier molecular flexibility index (Phi) is 6.86. The second-order valence-corrected chi connectivity index (χ2v) is 6.84. The Morgan fingerprint density at radius 1 is 1.15 bits per heavy atom. The minimum absolute atomic E-state index is 0.213. The first kappa shape index (κ1) is 20.8. The summed E-state index contributed by atoms with van der Waals surface area (Å²) in [6.07, 6.45) is 0. The summed E-state index contributed by atoms with van der Waals surface area (Å²) in [5, 5.41) is 3.05. The summed E-state index contributed by atoms with van der Waals surface area (Å²) in [5.74, 6) is 0.233. The number of methoxy groups -OCH3 is 1. The lowest BCUT2D eigenvalue weighted by Crippen LogP contribution is -2.15. The summed E-state index contributed by atoms with van der Waals surface area (Å²) in [5.41, 5.74) is 3.09. The molecule has 1 amide bonds.